The van der Waals surface area contributed by atoms with E-state index in [4.69, 9.17) is 4.42 Å². The fraction of sp³-hybridized carbons (Fsp3) is 0.625. The zero-order valence-corrected chi connectivity index (χ0v) is 12.6. The molecule has 5 nitrogen and oxygen atoms in total. The molecule has 0 aromatic carbocycles. The van der Waals surface area contributed by atoms with E-state index < -0.39 is 11.9 Å². The summed E-state index contributed by atoms with van der Waals surface area (Å²) in [6.45, 7) is 3.54. The van der Waals surface area contributed by atoms with Crippen LogP contribution in [0.4, 0.5) is 0 Å². The number of carbonyl (C=O) groups is 2. The summed E-state index contributed by atoms with van der Waals surface area (Å²) in [7, 11) is 0. The second kappa shape index (κ2) is 6.78. The molecule has 1 aromatic rings. The lowest BCUT2D eigenvalue weighted by atomic mass is 9.86. The molecule has 2 atom stereocenters. The third-order valence-electron chi connectivity index (χ3n) is 4.19. The molecule has 1 saturated carbocycles. The quantitative estimate of drug-likeness (QED) is 0.897. The van der Waals surface area contributed by atoms with Crippen LogP contribution in [0.2, 0.25) is 0 Å². The lowest BCUT2D eigenvalue weighted by Crippen LogP contribution is -2.44. The Labute approximate surface area is 124 Å². The van der Waals surface area contributed by atoms with Crippen molar-refractivity contribution in [2.45, 2.75) is 58.4 Å². The minimum absolute atomic E-state index is 0.235. The van der Waals surface area contributed by atoms with Gasteiger partial charge in [-0.1, -0.05) is 25.7 Å². The van der Waals surface area contributed by atoms with Gasteiger partial charge in [-0.05, 0) is 32.8 Å². The molecule has 0 radical (unpaired) electrons. The Hall–Kier alpha value is -1.78. The molecule has 1 heterocycles. The first kappa shape index (κ1) is 15.6. The molecular weight excluding hydrogens is 270 g/mol. The van der Waals surface area contributed by atoms with E-state index in [2.05, 4.69) is 5.32 Å². The molecule has 1 aliphatic rings. The highest BCUT2D eigenvalue weighted by atomic mass is 16.4. The van der Waals surface area contributed by atoms with Crippen LogP contribution >= 0.6 is 0 Å². The number of aryl methyl sites for hydroxylation is 2. The van der Waals surface area contributed by atoms with Gasteiger partial charge < -0.3 is 14.8 Å². The van der Waals surface area contributed by atoms with Crippen molar-refractivity contribution >= 4 is 11.9 Å². The van der Waals surface area contributed by atoms with Crippen LogP contribution < -0.4 is 5.32 Å². The Morgan fingerprint density at radius 3 is 2.43 bits per heavy atom. The van der Waals surface area contributed by atoms with Crippen LogP contribution in [-0.2, 0) is 4.79 Å². The summed E-state index contributed by atoms with van der Waals surface area (Å²) >= 11 is 0. The van der Waals surface area contributed by atoms with Crippen molar-refractivity contribution in [2.24, 2.45) is 5.92 Å². The van der Waals surface area contributed by atoms with Crippen LogP contribution in [0.25, 0.3) is 0 Å². The molecule has 2 unspecified atom stereocenters. The average Bonchev–Trinajstić information content (AvgIpc) is 2.71. The highest BCUT2D eigenvalue weighted by Gasteiger charge is 2.30. The number of hydrogen-bond donors (Lipinski definition) is 2. The zero-order valence-electron chi connectivity index (χ0n) is 12.6. The normalized spacial score (nSPS) is 23.1. The molecular formula is C16H23NO4. The van der Waals surface area contributed by atoms with Crippen molar-refractivity contribution in [1.82, 2.24) is 5.32 Å². The number of furan rings is 1. The molecule has 5 heteroatoms. The number of aliphatic carboxylic acids is 1. The Kier molecular flexibility index (Phi) is 5.04. The molecule has 1 amide bonds. The van der Waals surface area contributed by atoms with E-state index in [1.807, 2.05) is 0 Å². The van der Waals surface area contributed by atoms with Crippen molar-refractivity contribution in [3.8, 4) is 0 Å². The maximum absolute atomic E-state index is 12.3. The lowest BCUT2D eigenvalue weighted by Gasteiger charge is -2.27. The molecule has 1 fully saturated rings. The molecule has 1 aliphatic carbocycles. The number of carboxylic acid groups (broad SMARTS) is 1. The summed E-state index contributed by atoms with van der Waals surface area (Å²) in [6.07, 6.45) is 5.39. The molecule has 1 aromatic heterocycles. The van der Waals surface area contributed by atoms with Crippen molar-refractivity contribution in [3.05, 3.63) is 23.2 Å². The third-order valence-corrected chi connectivity index (χ3v) is 4.19. The third kappa shape index (κ3) is 3.86. The van der Waals surface area contributed by atoms with Gasteiger partial charge in [-0.15, -0.1) is 0 Å². The summed E-state index contributed by atoms with van der Waals surface area (Å²) in [6, 6.07) is 1.40. The van der Waals surface area contributed by atoms with Gasteiger partial charge >= 0.3 is 5.97 Å². The Morgan fingerprint density at radius 1 is 1.19 bits per heavy atom. The maximum atomic E-state index is 12.3. The first-order valence-corrected chi connectivity index (χ1v) is 7.59. The summed E-state index contributed by atoms with van der Waals surface area (Å²) in [5.41, 5.74) is 0.499. The molecule has 2 N–H and O–H groups in total. The Morgan fingerprint density at radius 2 is 1.86 bits per heavy atom. The fourth-order valence-corrected chi connectivity index (χ4v) is 3.06. The summed E-state index contributed by atoms with van der Waals surface area (Å²) in [5.74, 6) is -0.293. The van der Waals surface area contributed by atoms with E-state index in [0.29, 0.717) is 23.5 Å². The van der Waals surface area contributed by atoms with Gasteiger partial charge in [0.15, 0.2) is 0 Å². The van der Waals surface area contributed by atoms with Gasteiger partial charge in [-0.2, -0.15) is 0 Å². The topological polar surface area (TPSA) is 79.5 Å². The average molecular weight is 293 g/mol. The summed E-state index contributed by atoms with van der Waals surface area (Å²) in [4.78, 5) is 23.8. The van der Waals surface area contributed by atoms with E-state index in [1.54, 1.807) is 19.9 Å². The summed E-state index contributed by atoms with van der Waals surface area (Å²) in [5, 5.41) is 12.3. The van der Waals surface area contributed by atoms with E-state index in [1.165, 1.54) is 0 Å². The van der Waals surface area contributed by atoms with Crippen LogP contribution in [0, 0.1) is 19.8 Å². The maximum Gasteiger partial charge on any atom is 0.308 e. The summed E-state index contributed by atoms with van der Waals surface area (Å²) < 4.78 is 5.37. The smallest absolute Gasteiger partial charge is 0.308 e. The van der Waals surface area contributed by atoms with Gasteiger partial charge in [-0.3, -0.25) is 9.59 Å². The van der Waals surface area contributed by atoms with Crippen LogP contribution in [0.15, 0.2) is 10.5 Å². The minimum Gasteiger partial charge on any atom is -0.481 e. The number of hydrogen-bond acceptors (Lipinski definition) is 3. The molecule has 0 bridgehead atoms. The SMILES string of the molecule is Cc1cc(C(=O)NC2CCCCCCC2C(=O)O)c(C)o1. The zero-order chi connectivity index (χ0) is 15.4. The number of rotatable bonds is 3. The van der Waals surface area contributed by atoms with Gasteiger partial charge in [0.05, 0.1) is 11.5 Å². The predicted molar refractivity (Wildman–Crippen MR) is 78.3 cm³/mol. The highest BCUT2D eigenvalue weighted by Crippen LogP contribution is 2.24. The van der Waals surface area contributed by atoms with Gasteiger partial charge in [0.1, 0.15) is 11.5 Å². The molecule has 0 saturated heterocycles. The van der Waals surface area contributed by atoms with E-state index in [0.717, 1.165) is 32.1 Å². The highest BCUT2D eigenvalue weighted by molar-refractivity contribution is 5.95. The Bertz CT molecular complexity index is 520. The van der Waals surface area contributed by atoms with Crippen molar-refractivity contribution < 1.29 is 19.1 Å². The van der Waals surface area contributed by atoms with Crippen LogP contribution in [0.5, 0.6) is 0 Å². The van der Waals surface area contributed by atoms with Gasteiger partial charge in [0, 0.05) is 6.04 Å². The lowest BCUT2D eigenvalue weighted by molar-refractivity contribution is -0.143. The number of amides is 1. The van der Waals surface area contributed by atoms with E-state index in [-0.39, 0.29) is 11.9 Å². The van der Waals surface area contributed by atoms with Crippen molar-refractivity contribution in [3.63, 3.8) is 0 Å². The largest absolute Gasteiger partial charge is 0.481 e. The van der Waals surface area contributed by atoms with Gasteiger partial charge in [0.2, 0.25) is 0 Å². The predicted octanol–water partition coefficient (Wildman–Crippen LogP) is 3.05. The van der Waals surface area contributed by atoms with Crippen LogP contribution in [0.1, 0.15) is 60.4 Å². The molecule has 2 rings (SSSR count). The standard InChI is InChI=1S/C16H23NO4/c1-10-9-13(11(2)21-10)15(18)17-14-8-6-4-3-5-7-12(14)16(19)20/h9,12,14H,3-8H2,1-2H3,(H,17,18)(H,19,20). The number of nitrogens with one attached hydrogen (secondary N) is 1. The molecule has 0 spiro atoms. The second-order valence-corrected chi connectivity index (χ2v) is 5.84. The fourth-order valence-electron chi connectivity index (χ4n) is 3.06. The molecule has 116 valence electrons. The van der Waals surface area contributed by atoms with Crippen molar-refractivity contribution in [1.29, 1.82) is 0 Å². The number of carboxylic acids is 1. The first-order chi connectivity index (χ1) is 9.99. The van der Waals surface area contributed by atoms with Crippen LogP contribution in [-0.4, -0.2) is 23.0 Å². The first-order valence-electron chi connectivity index (χ1n) is 7.59. The molecule has 0 aliphatic heterocycles. The molecule has 21 heavy (non-hydrogen) atoms. The van der Waals surface area contributed by atoms with Gasteiger partial charge in [0.25, 0.3) is 5.91 Å². The Balaban J connectivity index is 2.11. The second-order valence-electron chi connectivity index (χ2n) is 5.84. The minimum atomic E-state index is -0.817. The van der Waals surface area contributed by atoms with E-state index in [9.17, 15) is 14.7 Å². The van der Waals surface area contributed by atoms with Crippen molar-refractivity contribution in [2.75, 3.05) is 0 Å². The van der Waals surface area contributed by atoms with E-state index >= 15 is 0 Å². The monoisotopic (exact) mass is 293 g/mol. The van der Waals surface area contributed by atoms with Crippen LogP contribution in [0.3, 0.4) is 0 Å². The van der Waals surface area contributed by atoms with Gasteiger partial charge in [-0.25, -0.2) is 0 Å². The number of carbonyl (C=O) groups excluding carboxylic acids is 1.